The summed E-state index contributed by atoms with van der Waals surface area (Å²) >= 11 is 0. The maximum atomic E-state index is 9.59. The molecule has 1 N–H and O–H groups in total. The standard InChI is InChI=1S/C13H28N2O/c1-5-13(6-2,11-16)10-15-8-7-14(4)12(3)9-15/h12,16H,5-11H2,1-4H3. The number of rotatable bonds is 5. The minimum atomic E-state index is 0.121. The summed E-state index contributed by atoms with van der Waals surface area (Å²) in [6, 6.07) is 0.638. The maximum Gasteiger partial charge on any atom is 0.0499 e. The molecule has 1 aliphatic rings. The highest BCUT2D eigenvalue weighted by Crippen LogP contribution is 2.27. The largest absolute Gasteiger partial charge is 0.396 e. The predicted molar refractivity (Wildman–Crippen MR) is 68.6 cm³/mol. The molecule has 0 aromatic rings. The van der Waals surface area contributed by atoms with E-state index in [9.17, 15) is 5.11 Å². The summed E-state index contributed by atoms with van der Waals surface area (Å²) in [7, 11) is 2.20. The fourth-order valence-electron chi connectivity index (χ4n) is 2.49. The quantitative estimate of drug-likeness (QED) is 0.771. The highest BCUT2D eigenvalue weighted by molar-refractivity contribution is 4.84. The first-order valence-corrected chi connectivity index (χ1v) is 6.60. The van der Waals surface area contributed by atoms with Crippen molar-refractivity contribution in [2.24, 2.45) is 5.41 Å². The van der Waals surface area contributed by atoms with Crippen molar-refractivity contribution in [3.05, 3.63) is 0 Å². The fraction of sp³-hybridized carbons (Fsp3) is 1.00. The number of aliphatic hydroxyl groups excluding tert-OH is 1. The van der Waals surface area contributed by atoms with Crippen molar-refractivity contribution < 1.29 is 5.11 Å². The minimum absolute atomic E-state index is 0.121. The third-order valence-electron chi connectivity index (χ3n) is 4.44. The number of aliphatic hydroxyl groups is 1. The normalized spacial score (nSPS) is 24.9. The summed E-state index contributed by atoms with van der Waals surface area (Å²) in [5, 5.41) is 9.59. The van der Waals surface area contributed by atoms with Gasteiger partial charge in [-0.15, -0.1) is 0 Å². The highest BCUT2D eigenvalue weighted by Gasteiger charge is 2.30. The van der Waals surface area contributed by atoms with Gasteiger partial charge in [0.1, 0.15) is 0 Å². The number of piperazine rings is 1. The smallest absolute Gasteiger partial charge is 0.0499 e. The zero-order valence-electron chi connectivity index (χ0n) is 11.4. The van der Waals surface area contributed by atoms with Crippen molar-refractivity contribution in [3.63, 3.8) is 0 Å². The zero-order valence-corrected chi connectivity index (χ0v) is 11.4. The van der Waals surface area contributed by atoms with Crippen molar-refractivity contribution >= 4 is 0 Å². The first kappa shape index (κ1) is 13.9. The Labute approximate surface area is 100 Å². The van der Waals surface area contributed by atoms with Crippen molar-refractivity contribution in [1.29, 1.82) is 0 Å². The lowest BCUT2D eigenvalue weighted by Gasteiger charge is -2.42. The Balaban J connectivity index is 2.53. The van der Waals surface area contributed by atoms with Gasteiger partial charge in [0.2, 0.25) is 0 Å². The molecule has 3 heteroatoms. The molecule has 1 fully saturated rings. The molecule has 16 heavy (non-hydrogen) atoms. The summed E-state index contributed by atoms with van der Waals surface area (Å²) in [4.78, 5) is 4.93. The van der Waals surface area contributed by atoms with E-state index in [0.717, 1.165) is 39.0 Å². The van der Waals surface area contributed by atoms with E-state index in [2.05, 4.69) is 37.6 Å². The van der Waals surface area contributed by atoms with E-state index in [4.69, 9.17) is 0 Å². The van der Waals surface area contributed by atoms with Gasteiger partial charge in [-0.1, -0.05) is 13.8 Å². The Morgan fingerprint density at radius 1 is 1.25 bits per heavy atom. The van der Waals surface area contributed by atoms with Crippen LogP contribution in [0.1, 0.15) is 33.6 Å². The molecule has 0 aliphatic carbocycles. The van der Waals surface area contributed by atoms with Crippen LogP contribution < -0.4 is 0 Å². The van der Waals surface area contributed by atoms with Crippen LogP contribution >= 0.6 is 0 Å². The maximum absolute atomic E-state index is 9.59. The summed E-state index contributed by atoms with van der Waals surface area (Å²) < 4.78 is 0. The van der Waals surface area contributed by atoms with Gasteiger partial charge in [0.05, 0.1) is 0 Å². The second-order valence-corrected chi connectivity index (χ2v) is 5.43. The first-order chi connectivity index (χ1) is 7.56. The van der Waals surface area contributed by atoms with Gasteiger partial charge in [-0.25, -0.2) is 0 Å². The second-order valence-electron chi connectivity index (χ2n) is 5.43. The molecule has 1 atom stereocenters. The molecule has 0 amide bonds. The number of hydrogen-bond acceptors (Lipinski definition) is 3. The molecule has 0 radical (unpaired) electrons. The zero-order chi connectivity index (χ0) is 12.2. The molecule has 1 saturated heterocycles. The average Bonchev–Trinajstić information content (AvgIpc) is 2.31. The Morgan fingerprint density at radius 3 is 2.31 bits per heavy atom. The third kappa shape index (κ3) is 3.19. The summed E-state index contributed by atoms with van der Waals surface area (Å²) in [5.41, 5.74) is 0.121. The molecule has 3 nitrogen and oxygen atoms in total. The van der Waals surface area contributed by atoms with Crippen LogP contribution in [0.4, 0.5) is 0 Å². The van der Waals surface area contributed by atoms with E-state index in [1.165, 1.54) is 0 Å². The van der Waals surface area contributed by atoms with Crippen LogP contribution in [0.25, 0.3) is 0 Å². The molecular formula is C13H28N2O. The van der Waals surface area contributed by atoms with Gasteiger partial charge in [-0.2, -0.15) is 0 Å². The van der Waals surface area contributed by atoms with Crippen LogP contribution in [0.15, 0.2) is 0 Å². The van der Waals surface area contributed by atoms with Crippen LogP contribution in [0.5, 0.6) is 0 Å². The van der Waals surface area contributed by atoms with E-state index in [1.807, 2.05) is 0 Å². The van der Waals surface area contributed by atoms with E-state index in [1.54, 1.807) is 0 Å². The summed E-state index contributed by atoms with van der Waals surface area (Å²) in [6.45, 7) is 11.5. The Kier molecular flexibility index (Phi) is 5.22. The monoisotopic (exact) mass is 228 g/mol. The van der Waals surface area contributed by atoms with Gasteiger partial charge >= 0.3 is 0 Å². The second kappa shape index (κ2) is 5.99. The molecule has 0 saturated carbocycles. The van der Waals surface area contributed by atoms with Gasteiger partial charge in [-0.05, 0) is 26.8 Å². The molecular weight excluding hydrogens is 200 g/mol. The van der Waals surface area contributed by atoms with Crippen molar-refractivity contribution in [3.8, 4) is 0 Å². The van der Waals surface area contributed by atoms with Crippen LogP contribution in [-0.4, -0.2) is 60.8 Å². The predicted octanol–water partition coefficient (Wildman–Crippen LogP) is 1.42. The number of hydrogen-bond donors (Lipinski definition) is 1. The molecule has 1 heterocycles. The van der Waals surface area contributed by atoms with E-state index < -0.39 is 0 Å². The van der Waals surface area contributed by atoms with Gasteiger partial charge in [-0.3, -0.25) is 4.90 Å². The van der Waals surface area contributed by atoms with Crippen molar-refractivity contribution in [2.75, 3.05) is 39.8 Å². The van der Waals surface area contributed by atoms with Crippen LogP contribution in [0.2, 0.25) is 0 Å². The summed E-state index contributed by atoms with van der Waals surface area (Å²) in [6.07, 6.45) is 2.14. The van der Waals surface area contributed by atoms with E-state index in [-0.39, 0.29) is 5.41 Å². The average molecular weight is 228 g/mol. The van der Waals surface area contributed by atoms with Crippen LogP contribution in [0.3, 0.4) is 0 Å². The molecule has 0 bridgehead atoms. The van der Waals surface area contributed by atoms with Crippen molar-refractivity contribution in [2.45, 2.75) is 39.7 Å². The van der Waals surface area contributed by atoms with Gasteiger partial charge < -0.3 is 10.0 Å². The van der Waals surface area contributed by atoms with E-state index >= 15 is 0 Å². The Bertz CT molecular complexity index is 196. The van der Waals surface area contributed by atoms with Gasteiger partial charge in [0, 0.05) is 44.2 Å². The fourth-order valence-corrected chi connectivity index (χ4v) is 2.49. The SMILES string of the molecule is CCC(CC)(CO)CN1CCN(C)C(C)C1. The van der Waals surface area contributed by atoms with Crippen molar-refractivity contribution in [1.82, 2.24) is 9.80 Å². The molecule has 1 rings (SSSR count). The molecule has 0 aromatic heterocycles. The number of nitrogens with zero attached hydrogens (tertiary/aromatic N) is 2. The van der Waals surface area contributed by atoms with Gasteiger partial charge in [0.15, 0.2) is 0 Å². The van der Waals surface area contributed by atoms with Crippen LogP contribution in [-0.2, 0) is 0 Å². The minimum Gasteiger partial charge on any atom is -0.396 e. The Morgan fingerprint density at radius 2 is 1.88 bits per heavy atom. The molecule has 1 aliphatic heterocycles. The number of likely N-dealkylation sites (N-methyl/N-ethyl adjacent to an activating group) is 1. The first-order valence-electron chi connectivity index (χ1n) is 6.60. The summed E-state index contributed by atoms with van der Waals surface area (Å²) in [5.74, 6) is 0. The lowest BCUT2D eigenvalue weighted by atomic mass is 9.82. The molecule has 0 aromatic carbocycles. The molecule has 96 valence electrons. The Hall–Kier alpha value is -0.120. The molecule has 0 spiro atoms. The molecule has 1 unspecified atom stereocenters. The topological polar surface area (TPSA) is 26.7 Å². The third-order valence-corrected chi connectivity index (χ3v) is 4.44. The lowest BCUT2D eigenvalue weighted by Crippen LogP contribution is -2.53. The highest BCUT2D eigenvalue weighted by atomic mass is 16.3. The van der Waals surface area contributed by atoms with Gasteiger partial charge in [0.25, 0.3) is 0 Å². The van der Waals surface area contributed by atoms with Crippen LogP contribution in [0, 0.1) is 5.41 Å². The van der Waals surface area contributed by atoms with E-state index in [0.29, 0.717) is 12.6 Å². The lowest BCUT2D eigenvalue weighted by molar-refractivity contribution is 0.0294.